The van der Waals surface area contributed by atoms with Gasteiger partial charge in [-0.3, -0.25) is 4.98 Å². The van der Waals surface area contributed by atoms with Crippen LogP contribution >= 0.6 is 24.0 Å². The maximum Gasteiger partial charge on any atom is 0.0580 e. The third kappa shape index (κ3) is 1.69. The van der Waals surface area contributed by atoms with Gasteiger partial charge in [0.1, 0.15) is 0 Å². The lowest BCUT2D eigenvalue weighted by Gasteiger charge is -2.01. The van der Waals surface area contributed by atoms with Gasteiger partial charge in [-0.1, -0.05) is 23.7 Å². The van der Waals surface area contributed by atoms with Gasteiger partial charge in [-0.25, -0.2) is 0 Å². The predicted octanol–water partition coefficient (Wildman–Crippen LogP) is 2.89. The van der Waals surface area contributed by atoms with E-state index in [9.17, 15) is 0 Å². The van der Waals surface area contributed by atoms with Crippen LogP contribution in [0.2, 0.25) is 5.02 Å². The van der Waals surface area contributed by atoms with Crippen molar-refractivity contribution in [2.45, 2.75) is 0 Å². The molecule has 0 aliphatic carbocycles. The van der Waals surface area contributed by atoms with Crippen LogP contribution in [0.25, 0.3) is 10.8 Å². The lowest BCUT2D eigenvalue weighted by molar-refractivity contribution is 1.37. The minimum atomic E-state index is 0. The first-order valence-corrected chi connectivity index (χ1v) is 3.94. The van der Waals surface area contributed by atoms with E-state index < -0.39 is 0 Å². The molecular formula is C9H8Cl2N2. The lowest BCUT2D eigenvalue weighted by Crippen LogP contribution is -1.88. The van der Waals surface area contributed by atoms with E-state index in [0.717, 1.165) is 10.8 Å². The normalized spacial score (nSPS) is 9.62. The summed E-state index contributed by atoms with van der Waals surface area (Å²) in [7, 11) is 0. The Balaban J connectivity index is 0.000000845. The molecule has 0 bridgehead atoms. The molecule has 68 valence electrons. The minimum Gasteiger partial charge on any atom is -0.397 e. The van der Waals surface area contributed by atoms with E-state index in [4.69, 9.17) is 17.3 Å². The van der Waals surface area contributed by atoms with E-state index in [1.165, 1.54) is 0 Å². The molecule has 1 heterocycles. The van der Waals surface area contributed by atoms with Crippen molar-refractivity contribution in [3.05, 3.63) is 35.6 Å². The van der Waals surface area contributed by atoms with Crippen molar-refractivity contribution in [3.63, 3.8) is 0 Å². The summed E-state index contributed by atoms with van der Waals surface area (Å²) in [5, 5.41) is 2.55. The summed E-state index contributed by atoms with van der Waals surface area (Å²) in [5.74, 6) is 0. The standard InChI is InChI=1S/C9H7ClN2.ClH/c10-8-3-1-2-6-7(8)4-12-5-9(6)11;/h1-5H,11H2;1H. The summed E-state index contributed by atoms with van der Waals surface area (Å²) in [6, 6.07) is 5.63. The first-order chi connectivity index (χ1) is 5.79. The Bertz CT molecular complexity index is 388. The first kappa shape index (κ1) is 10.1. The number of nitrogen functional groups attached to an aromatic ring is 1. The Morgan fingerprint density at radius 1 is 1.15 bits per heavy atom. The molecule has 0 unspecified atom stereocenters. The summed E-state index contributed by atoms with van der Waals surface area (Å²) in [6.07, 6.45) is 3.34. The zero-order valence-corrected chi connectivity index (χ0v) is 8.27. The van der Waals surface area contributed by atoms with Crippen LogP contribution in [-0.4, -0.2) is 4.98 Å². The van der Waals surface area contributed by atoms with Crippen LogP contribution in [0.15, 0.2) is 30.6 Å². The second kappa shape index (κ2) is 3.81. The molecule has 0 amide bonds. The molecule has 2 N–H and O–H groups in total. The largest absolute Gasteiger partial charge is 0.397 e. The molecule has 2 aromatic rings. The summed E-state index contributed by atoms with van der Waals surface area (Å²) in [5.41, 5.74) is 6.37. The van der Waals surface area contributed by atoms with Crippen molar-refractivity contribution in [1.82, 2.24) is 4.98 Å². The monoisotopic (exact) mass is 214 g/mol. The molecule has 0 atom stereocenters. The lowest BCUT2D eigenvalue weighted by atomic mass is 10.1. The SMILES string of the molecule is Cl.Nc1cncc2c(Cl)cccc12. The minimum absolute atomic E-state index is 0. The van der Waals surface area contributed by atoms with Crippen LogP contribution in [0.5, 0.6) is 0 Å². The summed E-state index contributed by atoms with van der Waals surface area (Å²) >= 11 is 5.93. The van der Waals surface area contributed by atoms with Crippen molar-refractivity contribution in [2.24, 2.45) is 0 Å². The summed E-state index contributed by atoms with van der Waals surface area (Å²) in [4.78, 5) is 3.96. The van der Waals surface area contributed by atoms with E-state index in [-0.39, 0.29) is 12.4 Å². The average Bonchev–Trinajstić information content (AvgIpc) is 2.07. The highest BCUT2D eigenvalue weighted by molar-refractivity contribution is 6.35. The van der Waals surface area contributed by atoms with E-state index in [2.05, 4.69) is 4.98 Å². The molecule has 0 fully saturated rings. The molecule has 1 aromatic carbocycles. The van der Waals surface area contributed by atoms with Crippen molar-refractivity contribution in [2.75, 3.05) is 5.73 Å². The molecule has 0 aliphatic heterocycles. The number of fused-ring (bicyclic) bond motifs is 1. The van der Waals surface area contributed by atoms with Crippen molar-refractivity contribution in [3.8, 4) is 0 Å². The molecule has 0 saturated carbocycles. The highest BCUT2D eigenvalue weighted by Gasteiger charge is 1.99. The average molecular weight is 215 g/mol. The van der Waals surface area contributed by atoms with Crippen LogP contribution in [-0.2, 0) is 0 Å². The molecule has 2 nitrogen and oxygen atoms in total. The number of benzene rings is 1. The van der Waals surface area contributed by atoms with Crippen LogP contribution in [0, 0.1) is 0 Å². The Morgan fingerprint density at radius 3 is 2.62 bits per heavy atom. The second-order valence-corrected chi connectivity index (χ2v) is 2.97. The van der Waals surface area contributed by atoms with Gasteiger partial charge in [0.15, 0.2) is 0 Å². The Hall–Kier alpha value is -0.990. The van der Waals surface area contributed by atoms with Gasteiger partial charge in [-0.15, -0.1) is 12.4 Å². The number of pyridine rings is 1. The van der Waals surface area contributed by atoms with Crippen LogP contribution in [0.4, 0.5) is 5.69 Å². The maximum atomic E-state index is 5.93. The van der Waals surface area contributed by atoms with E-state index >= 15 is 0 Å². The zero-order chi connectivity index (χ0) is 8.55. The van der Waals surface area contributed by atoms with Gasteiger partial charge in [0, 0.05) is 17.0 Å². The highest BCUT2D eigenvalue weighted by atomic mass is 35.5. The van der Waals surface area contributed by atoms with E-state index in [1.807, 2.05) is 18.2 Å². The van der Waals surface area contributed by atoms with Crippen molar-refractivity contribution in [1.29, 1.82) is 0 Å². The van der Waals surface area contributed by atoms with Crippen molar-refractivity contribution < 1.29 is 0 Å². The number of anilines is 1. The van der Waals surface area contributed by atoms with Gasteiger partial charge in [-0.2, -0.15) is 0 Å². The highest BCUT2D eigenvalue weighted by Crippen LogP contribution is 2.25. The number of halogens is 2. The fraction of sp³-hybridized carbons (Fsp3) is 0. The van der Waals surface area contributed by atoms with Gasteiger partial charge in [0.05, 0.1) is 16.9 Å². The van der Waals surface area contributed by atoms with E-state index in [1.54, 1.807) is 12.4 Å². The van der Waals surface area contributed by atoms with Gasteiger partial charge in [0.2, 0.25) is 0 Å². The molecule has 4 heteroatoms. The second-order valence-electron chi connectivity index (χ2n) is 2.56. The third-order valence-corrected chi connectivity index (χ3v) is 2.11. The molecule has 2 rings (SSSR count). The number of aromatic nitrogens is 1. The summed E-state index contributed by atoms with van der Waals surface area (Å²) < 4.78 is 0. The Morgan fingerprint density at radius 2 is 1.92 bits per heavy atom. The summed E-state index contributed by atoms with van der Waals surface area (Å²) in [6.45, 7) is 0. The quantitative estimate of drug-likeness (QED) is 0.733. The number of nitrogens with zero attached hydrogens (tertiary/aromatic N) is 1. The van der Waals surface area contributed by atoms with Gasteiger partial charge < -0.3 is 5.73 Å². The smallest absolute Gasteiger partial charge is 0.0580 e. The zero-order valence-electron chi connectivity index (χ0n) is 6.70. The third-order valence-electron chi connectivity index (χ3n) is 1.78. The van der Waals surface area contributed by atoms with E-state index in [0.29, 0.717) is 10.7 Å². The van der Waals surface area contributed by atoms with Crippen LogP contribution in [0.1, 0.15) is 0 Å². The molecule has 0 radical (unpaired) electrons. The van der Waals surface area contributed by atoms with Crippen molar-refractivity contribution >= 4 is 40.5 Å². The van der Waals surface area contributed by atoms with Crippen LogP contribution < -0.4 is 5.73 Å². The first-order valence-electron chi connectivity index (χ1n) is 3.57. The maximum absolute atomic E-state index is 5.93. The van der Waals surface area contributed by atoms with Gasteiger partial charge in [-0.05, 0) is 6.07 Å². The molecule has 1 aromatic heterocycles. The predicted molar refractivity (Wildman–Crippen MR) is 58.4 cm³/mol. The van der Waals surface area contributed by atoms with Gasteiger partial charge >= 0.3 is 0 Å². The topological polar surface area (TPSA) is 38.9 Å². The molecular weight excluding hydrogens is 207 g/mol. The fourth-order valence-corrected chi connectivity index (χ4v) is 1.40. The fourth-order valence-electron chi connectivity index (χ4n) is 1.18. The molecule has 0 aliphatic rings. The molecule has 0 spiro atoms. The number of hydrogen-bond donors (Lipinski definition) is 1. The Kier molecular flexibility index (Phi) is 2.96. The molecule has 13 heavy (non-hydrogen) atoms. The van der Waals surface area contributed by atoms with Gasteiger partial charge in [0.25, 0.3) is 0 Å². The number of hydrogen-bond acceptors (Lipinski definition) is 2. The number of rotatable bonds is 0. The molecule has 0 saturated heterocycles. The van der Waals surface area contributed by atoms with Crippen LogP contribution in [0.3, 0.4) is 0 Å². The number of nitrogens with two attached hydrogens (primary N) is 1. The Labute approximate surface area is 87.1 Å².